The number of aliphatic hydroxyl groups excluding tert-OH is 3. The Morgan fingerprint density at radius 1 is 0.848 bits per heavy atom. The molecule has 1 saturated heterocycles. The molecule has 1 fully saturated rings. The molecule has 0 aromatic heterocycles. The van der Waals surface area contributed by atoms with Crippen LogP contribution in [0.4, 0.5) is 0 Å². The first-order valence-electron chi connectivity index (χ1n) is 9.86. The highest BCUT2D eigenvalue weighted by atomic mass is 16.7. The van der Waals surface area contributed by atoms with Gasteiger partial charge in [-0.1, -0.05) is 0 Å². The van der Waals surface area contributed by atoms with E-state index >= 15 is 0 Å². The third-order valence-electron chi connectivity index (χ3n) is 5.61. The molecule has 8 N–H and O–H groups in total. The van der Waals surface area contributed by atoms with E-state index in [4.69, 9.17) is 14.2 Å². The number of fused-ring (bicyclic) bond motifs is 1. The molecule has 2 aliphatic heterocycles. The van der Waals surface area contributed by atoms with E-state index in [0.717, 1.165) is 24.3 Å². The lowest BCUT2D eigenvalue weighted by molar-refractivity contribution is -0.304. The van der Waals surface area contributed by atoms with E-state index in [1.54, 1.807) is 0 Å². The molecule has 0 saturated carbocycles. The summed E-state index contributed by atoms with van der Waals surface area (Å²) in [6.45, 7) is 1.41. The van der Waals surface area contributed by atoms with E-state index in [0.29, 0.717) is 0 Å². The Labute approximate surface area is 186 Å². The van der Waals surface area contributed by atoms with Gasteiger partial charge in [0.15, 0.2) is 35.7 Å². The smallest absolute Gasteiger partial charge is 0.203 e. The lowest BCUT2D eigenvalue weighted by atomic mass is 9.92. The molecule has 0 bridgehead atoms. The third-order valence-corrected chi connectivity index (χ3v) is 5.61. The summed E-state index contributed by atoms with van der Waals surface area (Å²) in [5, 5.41) is 79.7. The van der Waals surface area contributed by atoms with Gasteiger partial charge in [-0.2, -0.15) is 0 Å². The first kappa shape index (κ1) is 22.9. The molecule has 0 radical (unpaired) electrons. The van der Waals surface area contributed by atoms with Gasteiger partial charge in [-0.25, -0.2) is 0 Å². The monoisotopic (exact) mass is 466 g/mol. The van der Waals surface area contributed by atoms with Crippen molar-refractivity contribution in [2.45, 2.75) is 49.8 Å². The topological polar surface area (TPSA) is 207 Å². The van der Waals surface area contributed by atoms with Crippen LogP contribution < -0.4 is 4.74 Å². The number of aliphatic hydroxyl groups is 3. The van der Waals surface area contributed by atoms with Gasteiger partial charge in [0, 0.05) is 17.7 Å². The van der Waals surface area contributed by atoms with Crippen LogP contribution in [-0.4, -0.2) is 83.4 Å². The van der Waals surface area contributed by atoms with Gasteiger partial charge >= 0.3 is 0 Å². The zero-order valence-corrected chi connectivity index (χ0v) is 17.1. The maximum atomic E-state index is 13.3. The Morgan fingerprint density at radius 3 is 2.12 bits per heavy atom. The molecule has 12 heteroatoms. The molecule has 2 aliphatic rings. The zero-order chi connectivity index (χ0) is 24.2. The molecule has 2 aromatic rings. The Kier molecular flexibility index (Phi) is 5.72. The second kappa shape index (κ2) is 8.24. The molecule has 4 rings (SSSR count). The lowest BCUT2D eigenvalue weighted by Crippen LogP contribution is -2.59. The highest BCUT2D eigenvalue weighted by Crippen LogP contribution is 2.46. The Balaban J connectivity index is 1.78. The van der Waals surface area contributed by atoms with Crippen LogP contribution >= 0.6 is 0 Å². The third kappa shape index (κ3) is 3.87. The minimum atomic E-state index is -1.76. The summed E-state index contributed by atoms with van der Waals surface area (Å²) in [4.78, 5) is 13.3. The molecule has 0 amide bonds. The van der Waals surface area contributed by atoms with Gasteiger partial charge in [0.05, 0.1) is 6.10 Å². The van der Waals surface area contributed by atoms with Crippen molar-refractivity contribution >= 4 is 5.78 Å². The number of aromatic hydroxyl groups is 5. The first-order valence-corrected chi connectivity index (χ1v) is 9.86. The summed E-state index contributed by atoms with van der Waals surface area (Å²) in [7, 11) is 0. The average molecular weight is 466 g/mol. The van der Waals surface area contributed by atoms with Crippen molar-refractivity contribution in [3.05, 3.63) is 35.4 Å². The van der Waals surface area contributed by atoms with Crippen LogP contribution in [0.25, 0.3) is 0 Å². The van der Waals surface area contributed by atoms with E-state index < -0.39 is 77.4 Å². The number of phenolic OH excluding ortho intramolecular Hbond substituents is 5. The molecule has 0 spiro atoms. The fourth-order valence-electron chi connectivity index (χ4n) is 3.84. The predicted octanol–water partition coefficient (Wildman–Crippen LogP) is -0.256. The number of carbonyl (C=O) groups excluding carboxylic acids is 1. The Bertz CT molecular complexity index is 1060. The maximum Gasteiger partial charge on any atom is 0.203 e. The summed E-state index contributed by atoms with van der Waals surface area (Å²) in [5.74, 6) is -4.40. The van der Waals surface area contributed by atoms with Gasteiger partial charge in [0.25, 0.3) is 0 Å². The van der Waals surface area contributed by atoms with Crippen LogP contribution in [0.2, 0.25) is 0 Å². The second-order valence-corrected chi connectivity index (χ2v) is 7.89. The normalized spacial score (nSPS) is 31.6. The molecule has 3 unspecified atom stereocenters. The fraction of sp³-hybridized carbons (Fsp3) is 0.381. The van der Waals surface area contributed by atoms with Gasteiger partial charge < -0.3 is 55.1 Å². The summed E-state index contributed by atoms with van der Waals surface area (Å²) in [6.07, 6.45) is -10.5. The Morgan fingerprint density at radius 2 is 1.48 bits per heavy atom. The number of Topliss-reactive ketones (excluding diaryl/α,β-unsaturated/α-hetero) is 1. The van der Waals surface area contributed by atoms with E-state index in [2.05, 4.69) is 0 Å². The predicted molar refractivity (Wildman–Crippen MR) is 106 cm³/mol. The first-order chi connectivity index (χ1) is 15.5. The van der Waals surface area contributed by atoms with Crippen molar-refractivity contribution in [1.29, 1.82) is 0 Å². The largest absolute Gasteiger partial charge is 0.508 e. The molecular weight excluding hydrogens is 444 g/mol. The van der Waals surface area contributed by atoms with Gasteiger partial charge in [0.2, 0.25) is 5.78 Å². The number of hydrogen-bond acceptors (Lipinski definition) is 12. The van der Waals surface area contributed by atoms with Gasteiger partial charge in [-0.3, -0.25) is 4.79 Å². The summed E-state index contributed by atoms with van der Waals surface area (Å²) in [5.41, 5.74) is -0.395. The van der Waals surface area contributed by atoms with Crippen LogP contribution in [0.15, 0.2) is 24.3 Å². The SMILES string of the molecule is C[C@H]1OC(OC2C(=O)c3c(O)cc(O)cc3OC2c2cc(O)c(O)c(O)c2)[C@@H](O)[C@@H](O)[C@@H]1O. The quantitative estimate of drug-likeness (QED) is 0.275. The number of carbonyl (C=O) groups is 1. The average Bonchev–Trinajstić information content (AvgIpc) is 2.74. The highest BCUT2D eigenvalue weighted by Gasteiger charge is 2.48. The molecule has 178 valence electrons. The van der Waals surface area contributed by atoms with Crippen LogP contribution in [0.5, 0.6) is 34.5 Å². The van der Waals surface area contributed by atoms with Gasteiger partial charge in [-0.15, -0.1) is 0 Å². The molecule has 33 heavy (non-hydrogen) atoms. The van der Waals surface area contributed by atoms with E-state index in [9.17, 15) is 45.6 Å². The second-order valence-electron chi connectivity index (χ2n) is 7.89. The van der Waals surface area contributed by atoms with E-state index in [1.165, 1.54) is 6.92 Å². The van der Waals surface area contributed by atoms with E-state index in [1.807, 2.05) is 0 Å². The number of ketones is 1. The molecular formula is C21H22O12. The molecule has 2 aromatic carbocycles. The van der Waals surface area contributed by atoms with Crippen LogP contribution in [0.3, 0.4) is 0 Å². The van der Waals surface area contributed by atoms with Crippen molar-refractivity contribution in [3.8, 4) is 34.5 Å². The number of rotatable bonds is 3. The molecule has 0 aliphatic carbocycles. The molecule has 2 heterocycles. The minimum Gasteiger partial charge on any atom is -0.508 e. The van der Waals surface area contributed by atoms with Crippen molar-refractivity contribution < 1.29 is 59.9 Å². The zero-order valence-electron chi connectivity index (χ0n) is 17.1. The van der Waals surface area contributed by atoms with Gasteiger partial charge in [0.1, 0.15) is 41.1 Å². The minimum absolute atomic E-state index is 0.0476. The van der Waals surface area contributed by atoms with Crippen molar-refractivity contribution in [3.63, 3.8) is 0 Å². The highest BCUT2D eigenvalue weighted by molar-refractivity contribution is 6.05. The van der Waals surface area contributed by atoms with Crippen LogP contribution in [-0.2, 0) is 9.47 Å². The number of ether oxygens (including phenoxy) is 3. The van der Waals surface area contributed by atoms with E-state index in [-0.39, 0.29) is 16.9 Å². The van der Waals surface area contributed by atoms with Gasteiger partial charge in [-0.05, 0) is 19.1 Å². The van der Waals surface area contributed by atoms with Crippen LogP contribution in [0, 0.1) is 0 Å². The summed E-state index contributed by atoms with van der Waals surface area (Å²) in [6, 6.07) is 3.96. The maximum absolute atomic E-state index is 13.3. The fourth-order valence-corrected chi connectivity index (χ4v) is 3.84. The lowest BCUT2D eigenvalue weighted by Gasteiger charge is -2.42. The van der Waals surface area contributed by atoms with Crippen molar-refractivity contribution in [2.24, 2.45) is 0 Å². The number of hydrogen-bond donors (Lipinski definition) is 8. The van der Waals surface area contributed by atoms with Crippen molar-refractivity contribution in [1.82, 2.24) is 0 Å². The number of phenols is 5. The molecule has 12 nitrogen and oxygen atoms in total. The van der Waals surface area contributed by atoms with Crippen molar-refractivity contribution in [2.75, 3.05) is 0 Å². The molecule has 7 atom stereocenters. The summed E-state index contributed by atoms with van der Waals surface area (Å²) >= 11 is 0. The van der Waals surface area contributed by atoms with Crippen LogP contribution in [0.1, 0.15) is 28.9 Å². The Hall–Kier alpha value is -3.29. The number of benzene rings is 2. The standard InChI is InChI=1S/C21H22O12/c1-6-14(26)17(29)18(30)21(31-6)33-20-16(28)13-9(23)4-8(22)5-12(13)32-19(20)7-2-10(24)15(27)11(25)3-7/h2-6,14,17-27,29-30H,1H3/t6-,14-,17+,18+,19?,20?,21?/m1/s1. The summed E-state index contributed by atoms with van der Waals surface area (Å²) < 4.78 is 16.8.